The number of fused-ring (bicyclic) bond motifs is 1. The zero-order valence-electron chi connectivity index (χ0n) is 17.3. The lowest BCUT2D eigenvalue weighted by molar-refractivity contribution is -0.148. The highest BCUT2D eigenvalue weighted by Crippen LogP contribution is 2.47. The summed E-state index contributed by atoms with van der Waals surface area (Å²) in [5, 5.41) is 9.65. The minimum absolute atomic E-state index is 0.0148. The number of nitrogens with zero attached hydrogens (tertiary/aromatic N) is 1. The first-order valence-corrected chi connectivity index (χ1v) is 11.1. The molecule has 0 bridgehead atoms. The maximum Gasteiger partial charge on any atom is 0.446 e. The Hall–Kier alpha value is -3.70. The number of carboxylic acid groups (broad SMARTS) is 1. The number of hydrogen-bond acceptors (Lipinski definition) is 8. The molecule has 3 aromatic rings. The summed E-state index contributed by atoms with van der Waals surface area (Å²) in [6.07, 6.45) is 2.24. The molecule has 11 heteroatoms. The smallest absolute Gasteiger partial charge is 0.446 e. The summed E-state index contributed by atoms with van der Waals surface area (Å²) < 4.78 is 46.9. The number of carbonyl (C=O) groups is 2. The number of ketones is 1. The predicted octanol–water partition coefficient (Wildman–Crippen LogP) is 3.19. The number of rotatable bonds is 9. The molecule has 0 atom stereocenters. The SMILES string of the molecule is COc1cc2nccc(Oc3ccc(CC(=O)C4(C(=O)O)CC4)cc3)c2cc1OS(=O)(=O)O. The molecule has 0 amide bonds. The summed E-state index contributed by atoms with van der Waals surface area (Å²) in [6, 6.07) is 10.9. The third-order valence-corrected chi connectivity index (χ3v) is 5.78. The van der Waals surface area contributed by atoms with Crippen molar-refractivity contribution in [1.82, 2.24) is 4.98 Å². The Balaban J connectivity index is 1.58. The largest absolute Gasteiger partial charge is 0.493 e. The van der Waals surface area contributed by atoms with Crippen molar-refractivity contribution >= 4 is 33.1 Å². The molecule has 0 unspecified atom stereocenters. The molecule has 0 aliphatic heterocycles. The van der Waals surface area contributed by atoms with Crippen molar-refractivity contribution in [2.24, 2.45) is 5.41 Å². The van der Waals surface area contributed by atoms with E-state index in [1.165, 1.54) is 25.4 Å². The maximum absolute atomic E-state index is 12.3. The van der Waals surface area contributed by atoms with E-state index < -0.39 is 21.8 Å². The first-order chi connectivity index (χ1) is 15.6. The third kappa shape index (κ3) is 4.73. The Morgan fingerprint density at radius 2 is 1.76 bits per heavy atom. The van der Waals surface area contributed by atoms with Crippen molar-refractivity contribution in [3.8, 4) is 23.0 Å². The Kier molecular flexibility index (Phi) is 5.68. The number of benzene rings is 2. The number of carboxylic acids is 1. The van der Waals surface area contributed by atoms with E-state index in [4.69, 9.17) is 14.0 Å². The van der Waals surface area contributed by atoms with Crippen LogP contribution in [0.15, 0.2) is 48.7 Å². The quantitative estimate of drug-likeness (QED) is 0.350. The van der Waals surface area contributed by atoms with E-state index >= 15 is 0 Å². The van der Waals surface area contributed by atoms with E-state index in [9.17, 15) is 23.1 Å². The van der Waals surface area contributed by atoms with Crippen LogP contribution in [0.4, 0.5) is 0 Å². The molecule has 1 aromatic heterocycles. The lowest BCUT2D eigenvalue weighted by Crippen LogP contribution is -2.26. The highest BCUT2D eigenvalue weighted by molar-refractivity contribution is 7.81. The Labute approximate surface area is 188 Å². The minimum Gasteiger partial charge on any atom is -0.493 e. The summed E-state index contributed by atoms with van der Waals surface area (Å²) in [6.45, 7) is 0. The van der Waals surface area contributed by atoms with E-state index in [1.807, 2.05) is 0 Å². The van der Waals surface area contributed by atoms with Crippen LogP contribution in [-0.2, 0) is 26.4 Å². The van der Waals surface area contributed by atoms with E-state index in [0.29, 0.717) is 40.8 Å². The predicted molar refractivity (Wildman–Crippen MR) is 115 cm³/mol. The highest BCUT2D eigenvalue weighted by atomic mass is 32.3. The van der Waals surface area contributed by atoms with Gasteiger partial charge in [0.05, 0.1) is 12.6 Å². The first-order valence-electron chi connectivity index (χ1n) is 9.78. The van der Waals surface area contributed by atoms with Crippen LogP contribution in [0.3, 0.4) is 0 Å². The lowest BCUT2D eigenvalue weighted by Gasteiger charge is -2.13. The van der Waals surface area contributed by atoms with Crippen molar-refractivity contribution in [3.05, 3.63) is 54.2 Å². The molecule has 10 nitrogen and oxygen atoms in total. The monoisotopic (exact) mass is 473 g/mol. The number of hydrogen-bond donors (Lipinski definition) is 2. The average Bonchev–Trinajstić information content (AvgIpc) is 3.56. The van der Waals surface area contributed by atoms with Crippen molar-refractivity contribution in [1.29, 1.82) is 0 Å². The van der Waals surface area contributed by atoms with Crippen molar-refractivity contribution in [2.45, 2.75) is 19.3 Å². The molecule has 0 saturated heterocycles. The van der Waals surface area contributed by atoms with Crippen LogP contribution >= 0.6 is 0 Å². The van der Waals surface area contributed by atoms with Gasteiger partial charge in [-0.05, 0) is 42.7 Å². The van der Waals surface area contributed by atoms with Gasteiger partial charge in [-0.3, -0.25) is 19.1 Å². The summed E-state index contributed by atoms with van der Waals surface area (Å²) in [5.74, 6) is -0.837. The van der Waals surface area contributed by atoms with Gasteiger partial charge in [0.15, 0.2) is 17.3 Å². The van der Waals surface area contributed by atoms with Gasteiger partial charge in [-0.25, -0.2) is 0 Å². The zero-order valence-corrected chi connectivity index (χ0v) is 18.2. The third-order valence-electron chi connectivity index (χ3n) is 5.39. The second-order valence-corrected chi connectivity index (χ2v) is 8.60. The molecule has 2 N–H and O–H groups in total. The number of carbonyl (C=O) groups excluding carboxylic acids is 1. The van der Waals surface area contributed by atoms with Gasteiger partial charge in [-0.2, -0.15) is 8.42 Å². The van der Waals surface area contributed by atoms with Crippen molar-refractivity contribution in [3.63, 3.8) is 0 Å². The molecule has 172 valence electrons. The summed E-state index contributed by atoms with van der Waals surface area (Å²) >= 11 is 0. The molecule has 1 saturated carbocycles. The summed E-state index contributed by atoms with van der Waals surface area (Å²) in [7, 11) is -3.47. The number of pyridine rings is 1. The Bertz CT molecular complexity index is 1350. The number of methoxy groups -OCH3 is 1. The van der Waals surface area contributed by atoms with Gasteiger partial charge in [0.25, 0.3) is 0 Å². The highest BCUT2D eigenvalue weighted by Gasteiger charge is 2.56. The van der Waals surface area contributed by atoms with Crippen LogP contribution in [0, 0.1) is 5.41 Å². The molecule has 1 aliphatic carbocycles. The van der Waals surface area contributed by atoms with Crippen LogP contribution in [0.25, 0.3) is 10.9 Å². The van der Waals surface area contributed by atoms with Gasteiger partial charge in [-0.1, -0.05) is 12.1 Å². The normalized spacial score (nSPS) is 14.5. The first kappa shape index (κ1) is 22.5. The second-order valence-electron chi connectivity index (χ2n) is 7.57. The number of ether oxygens (including phenoxy) is 2. The van der Waals surface area contributed by atoms with Gasteiger partial charge < -0.3 is 18.8 Å². The summed E-state index contributed by atoms with van der Waals surface area (Å²) in [4.78, 5) is 27.9. The Morgan fingerprint density at radius 3 is 2.33 bits per heavy atom. The van der Waals surface area contributed by atoms with Crippen molar-refractivity contribution in [2.75, 3.05) is 7.11 Å². The van der Waals surface area contributed by atoms with E-state index in [0.717, 1.165) is 0 Å². The Morgan fingerprint density at radius 1 is 1.06 bits per heavy atom. The van der Waals surface area contributed by atoms with Crippen LogP contribution in [0.5, 0.6) is 23.0 Å². The minimum atomic E-state index is -4.78. The molecule has 33 heavy (non-hydrogen) atoms. The van der Waals surface area contributed by atoms with Gasteiger partial charge in [-0.15, -0.1) is 0 Å². The number of aliphatic carboxylic acids is 1. The van der Waals surface area contributed by atoms with Crippen molar-refractivity contribution < 1.29 is 41.3 Å². The van der Waals surface area contributed by atoms with Gasteiger partial charge in [0.2, 0.25) is 0 Å². The molecule has 1 aliphatic rings. The summed E-state index contributed by atoms with van der Waals surface area (Å²) in [5.41, 5.74) is -0.153. The number of Topliss-reactive ketones (excluding diaryl/α,β-unsaturated/α-hetero) is 1. The van der Waals surface area contributed by atoms with E-state index in [-0.39, 0.29) is 23.7 Å². The molecular weight excluding hydrogens is 454 g/mol. The van der Waals surface area contributed by atoms with Crippen LogP contribution < -0.4 is 13.7 Å². The molecule has 4 rings (SSSR count). The van der Waals surface area contributed by atoms with E-state index in [2.05, 4.69) is 9.17 Å². The van der Waals surface area contributed by atoms with Crippen LogP contribution in [-0.4, -0.2) is 41.9 Å². The molecule has 0 spiro atoms. The van der Waals surface area contributed by atoms with Gasteiger partial charge in [0.1, 0.15) is 16.9 Å². The van der Waals surface area contributed by atoms with Crippen LogP contribution in [0.1, 0.15) is 18.4 Å². The maximum atomic E-state index is 12.3. The topological polar surface area (TPSA) is 149 Å². The number of aromatic nitrogens is 1. The van der Waals surface area contributed by atoms with Crippen LogP contribution in [0.2, 0.25) is 0 Å². The fraction of sp³-hybridized carbons (Fsp3) is 0.227. The molecule has 0 radical (unpaired) electrons. The molecule has 1 fully saturated rings. The van der Waals surface area contributed by atoms with Gasteiger partial charge >= 0.3 is 16.4 Å². The molecular formula is C22H19NO9S. The fourth-order valence-corrected chi connectivity index (χ4v) is 3.81. The lowest BCUT2D eigenvalue weighted by atomic mass is 9.95. The second kappa shape index (κ2) is 8.34. The zero-order chi connectivity index (χ0) is 23.8. The van der Waals surface area contributed by atoms with E-state index in [1.54, 1.807) is 30.3 Å². The fourth-order valence-electron chi connectivity index (χ4n) is 3.45. The average molecular weight is 473 g/mol. The molecule has 2 aromatic carbocycles. The van der Waals surface area contributed by atoms with Gasteiger partial charge in [0, 0.05) is 24.1 Å². The molecule has 1 heterocycles. The standard InChI is InChI=1S/C22H19NO9S/c1-30-18-12-16-15(11-19(18)32-33(27,28)29)17(6-9-23-16)31-14-4-2-13(3-5-14)10-20(24)22(7-8-22)21(25)26/h2-6,9,11-12H,7-8,10H2,1H3,(H,25,26)(H,27,28,29).